The van der Waals surface area contributed by atoms with Gasteiger partial charge in [-0.1, -0.05) is 43.9 Å². The number of aromatic nitrogens is 2. The Morgan fingerprint density at radius 3 is 2.57 bits per heavy atom. The smallest absolute Gasteiger partial charge is 0.254 e. The third-order valence-electron chi connectivity index (χ3n) is 4.67. The number of hydrogen-bond acceptors (Lipinski definition) is 2. The first-order chi connectivity index (χ1) is 11.2. The van der Waals surface area contributed by atoms with Crippen molar-refractivity contribution in [2.75, 3.05) is 0 Å². The molecule has 0 radical (unpaired) electrons. The molecule has 23 heavy (non-hydrogen) atoms. The van der Waals surface area contributed by atoms with E-state index in [-0.39, 0.29) is 5.91 Å². The molecule has 1 fully saturated rings. The lowest BCUT2D eigenvalue weighted by molar-refractivity contribution is 0.0927. The highest BCUT2D eigenvalue weighted by atomic mass is 16.1. The van der Waals surface area contributed by atoms with Crippen LogP contribution in [0.3, 0.4) is 0 Å². The molecule has 0 atom stereocenters. The molecule has 1 heterocycles. The average Bonchev–Trinajstić information content (AvgIpc) is 3.00. The van der Waals surface area contributed by atoms with Crippen LogP contribution in [0, 0.1) is 6.92 Å². The quantitative estimate of drug-likeness (QED) is 0.933. The molecule has 2 aromatic rings. The summed E-state index contributed by atoms with van der Waals surface area (Å²) in [5.74, 6) is 0.0205. The molecule has 4 nitrogen and oxygen atoms in total. The number of hydrogen-bond donors (Lipinski definition) is 1. The van der Waals surface area contributed by atoms with E-state index in [1.807, 2.05) is 16.8 Å². The van der Waals surface area contributed by atoms with Crippen molar-refractivity contribution < 1.29 is 4.79 Å². The van der Waals surface area contributed by atoms with Crippen LogP contribution in [0.5, 0.6) is 0 Å². The summed E-state index contributed by atoms with van der Waals surface area (Å²) in [6, 6.07) is 8.55. The molecule has 1 saturated carbocycles. The zero-order chi connectivity index (χ0) is 16.2. The summed E-state index contributed by atoms with van der Waals surface area (Å²) >= 11 is 0. The largest absolute Gasteiger partial charge is 0.349 e. The molecule has 1 aliphatic carbocycles. The summed E-state index contributed by atoms with van der Waals surface area (Å²) in [7, 11) is 0. The highest BCUT2D eigenvalue weighted by Gasteiger charge is 2.21. The average molecular weight is 311 g/mol. The van der Waals surface area contributed by atoms with Gasteiger partial charge in [0.25, 0.3) is 5.91 Å². The summed E-state index contributed by atoms with van der Waals surface area (Å²) < 4.78 is 1.88. The van der Waals surface area contributed by atoms with Crippen LogP contribution < -0.4 is 5.32 Å². The minimum Gasteiger partial charge on any atom is -0.349 e. The fraction of sp³-hybridized carbons (Fsp3) is 0.474. The number of carbonyl (C=O) groups excluding carboxylic acids is 1. The molecule has 0 aliphatic heterocycles. The lowest BCUT2D eigenvalue weighted by Crippen LogP contribution is -2.36. The molecule has 1 aliphatic rings. The predicted octanol–water partition coefficient (Wildman–Crippen LogP) is 3.81. The van der Waals surface area contributed by atoms with E-state index in [9.17, 15) is 4.79 Å². The van der Waals surface area contributed by atoms with E-state index in [4.69, 9.17) is 0 Å². The Morgan fingerprint density at radius 1 is 1.22 bits per heavy atom. The van der Waals surface area contributed by atoms with Gasteiger partial charge in [0.05, 0.1) is 23.1 Å². The molecule has 4 heteroatoms. The highest BCUT2D eigenvalue weighted by Crippen LogP contribution is 2.20. The van der Waals surface area contributed by atoms with Gasteiger partial charge in [-0.3, -0.25) is 4.79 Å². The van der Waals surface area contributed by atoms with E-state index in [1.165, 1.54) is 24.8 Å². The van der Waals surface area contributed by atoms with Crippen molar-refractivity contribution >= 4 is 5.91 Å². The Bertz CT molecular complexity index is 666. The van der Waals surface area contributed by atoms with Gasteiger partial charge in [0, 0.05) is 6.04 Å². The van der Waals surface area contributed by atoms with Crippen LogP contribution >= 0.6 is 0 Å². The third kappa shape index (κ3) is 3.46. The molecule has 0 unspecified atom stereocenters. The van der Waals surface area contributed by atoms with Crippen molar-refractivity contribution in [1.82, 2.24) is 15.1 Å². The van der Waals surface area contributed by atoms with Gasteiger partial charge in [0.15, 0.2) is 0 Å². The van der Waals surface area contributed by atoms with E-state index in [0.29, 0.717) is 11.6 Å². The molecule has 0 bridgehead atoms. The first-order valence-electron chi connectivity index (χ1n) is 8.64. The summed E-state index contributed by atoms with van der Waals surface area (Å²) in [4.78, 5) is 12.6. The molecule has 122 valence electrons. The van der Waals surface area contributed by atoms with Crippen LogP contribution in [-0.4, -0.2) is 21.7 Å². The lowest BCUT2D eigenvalue weighted by atomic mass is 9.95. The number of rotatable bonds is 4. The van der Waals surface area contributed by atoms with E-state index in [1.54, 1.807) is 6.20 Å². The molecule has 1 aromatic carbocycles. The Morgan fingerprint density at radius 2 is 1.91 bits per heavy atom. The second-order valence-electron chi connectivity index (χ2n) is 6.41. The van der Waals surface area contributed by atoms with Crippen LogP contribution in [0.1, 0.15) is 60.6 Å². The van der Waals surface area contributed by atoms with Crippen LogP contribution in [0.2, 0.25) is 0 Å². The van der Waals surface area contributed by atoms with Gasteiger partial charge in [0.1, 0.15) is 0 Å². The van der Waals surface area contributed by atoms with Crippen LogP contribution in [-0.2, 0) is 6.42 Å². The number of nitrogens with one attached hydrogen (secondary N) is 1. The van der Waals surface area contributed by atoms with Crippen molar-refractivity contribution in [1.29, 1.82) is 0 Å². The van der Waals surface area contributed by atoms with E-state index < -0.39 is 0 Å². The summed E-state index contributed by atoms with van der Waals surface area (Å²) in [5, 5.41) is 7.65. The van der Waals surface area contributed by atoms with Gasteiger partial charge in [0.2, 0.25) is 0 Å². The maximum Gasteiger partial charge on any atom is 0.254 e. The molecule has 1 amide bonds. The molecule has 1 N–H and O–H groups in total. The molecular formula is C19H25N3O. The summed E-state index contributed by atoms with van der Waals surface area (Å²) in [5.41, 5.74) is 3.90. The first kappa shape index (κ1) is 15.8. The monoisotopic (exact) mass is 311 g/mol. The van der Waals surface area contributed by atoms with E-state index in [0.717, 1.165) is 30.6 Å². The fourth-order valence-corrected chi connectivity index (χ4v) is 3.32. The third-order valence-corrected chi connectivity index (χ3v) is 4.67. The number of amides is 1. The maximum absolute atomic E-state index is 12.6. The van der Waals surface area contributed by atoms with Gasteiger partial charge in [-0.05, 0) is 38.3 Å². The van der Waals surface area contributed by atoms with E-state index >= 15 is 0 Å². The normalized spacial score (nSPS) is 15.6. The number of nitrogens with zero attached hydrogens (tertiary/aromatic N) is 2. The van der Waals surface area contributed by atoms with E-state index in [2.05, 4.69) is 36.4 Å². The second kappa shape index (κ2) is 6.99. The molecule has 0 spiro atoms. The van der Waals surface area contributed by atoms with Gasteiger partial charge < -0.3 is 5.32 Å². The maximum atomic E-state index is 12.6. The summed E-state index contributed by atoms with van der Waals surface area (Å²) in [6.45, 7) is 4.13. The minimum absolute atomic E-state index is 0.0205. The van der Waals surface area contributed by atoms with Crippen LogP contribution in [0.25, 0.3) is 5.69 Å². The van der Waals surface area contributed by atoms with Crippen molar-refractivity contribution in [2.24, 2.45) is 0 Å². The van der Waals surface area contributed by atoms with Crippen molar-refractivity contribution in [3.05, 3.63) is 47.3 Å². The Balaban J connectivity index is 1.82. The number of carbonyl (C=O) groups is 1. The van der Waals surface area contributed by atoms with Gasteiger partial charge >= 0.3 is 0 Å². The fourth-order valence-electron chi connectivity index (χ4n) is 3.32. The minimum atomic E-state index is 0.0205. The standard InChI is InChI=1S/C19H25N3O/c1-3-18-17(19(23)21-15-7-5-4-6-8-15)13-20-22(18)16-11-9-14(2)10-12-16/h9-13,15H,3-8H2,1-2H3,(H,21,23). The van der Waals surface area contributed by atoms with Gasteiger partial charge in [-0.25, -0.2) is 4.68 Å². The molecular weight excluding hydrogens is 286 g/mol. The molecule has 0 saturated heterocycles. The van der Waals surface area contributed by atoms with Crippen LogP contribution in [0.4, 0.5) is 0 Å². The topological polar surface area (TPSA) is 46.9 Å². The number of benzene rings is 1. The van der Waals surface area contributed by atoms with Gasteiger partial charge in [-0.15, -0.1) is 0 Å². The molecule has 1 aromatic heterocycles. The Kier molecular flexibility index (Phi) is 4.79. The second-order valence-corrected chi connectivity index (χ2v) is 6.41. The lowest BCUT2D eigenvalue weighted by Gasteiger charge is -2.22. The number of aryl methyl sites for hydroxylation is 1. The SMILES string of the molecule is CCc1c(C(=O)NC2CCCCC2)cnn1-c1ccc(C)cc1. The van der Waals surface area contributed by atoms with Crippen LogP contribution in [0.15, 0.2) is 30.5 Å². The van der Waals surface area contributed by atoms with Crippen molar-refractivity contribution in [3.8, 4) is 5.69 Å². The molecule has 3 rings (SSSR count). The van der Waals surface area contributed by atoms with Crippen molar-refractivity contribution in [3.63, 3.8) is 0 Å². The Labute approximate surface area is 137 Å². The predicted molar refractivity (Wildman–Crippen MR) is 92.0 cm³/mol. The van der Waals surface area contributed by atoms with Crippen molar-refractivity contribution in [2.45, 2.75) is 58.4 Å². The summed E-state index contributed by atoms with van der Waals surface area (Å²) in [6.07, 6.45) is 8.40. The first-order valence-corrected chi connectivity index (χ1v) is 8.64. The van der Waals surface area contributed by atoms with Gasteiger partial charge in [-0.2, -0.15) is 5.10 Å². The zero-order valence-corrected chi connectivity index (χ0v) is 14.0. The highest BCUT2D eigenvalue weighted by molar-refractivity contribution is 5.95. The zero-order valence-electron chi connectivity index (χ0n) is 14.0. The Hall–Kier alpha value is -2.10.